The van der Waals surface area contributed by atoms with E-state index in [2.05, 4.69) is 5.32 Å². The molecule has 6 heteroatoms. The Labute approximate surface area is 109 Å². The monoisotopic (exact) mass is 270 g/mol. The molecule has 0 saturated heterocycles. The SMILES string of the molecule is CCNCCN1C(=O)C(=O)c2cc(Cl)c(F)cc21. The maximum atomic E-state index is 13.4. The molecular formula is C12H12ClFN2O2. The smallest absolute Gasteiger partial charge is 0.299 e. The number of hydrogen-bond donors (Lipinski definition) is 1. The molecule has 0 fully saturated rings. The number of rotatable bonds is 4. The Kier molecular flexibility index (Phi) is 3.63. The average molecular weight is 271 g/mol. The number of likely N-dealkylation sites (N-methyl/N-ethyl adjacent to an activating group) is 1. The van der Waals surface area contributed by atoms with Crippen LogP contribution in [0.15, 0.2) is 12.1 Å². The lowest BCUT2D eigenvalue weighted by atomic mass is 10.1. The molecule has 18 heavy (non-hydrogen) atoms. The molecule has 0 radical (unpaired) electrons. The van der Waals surface area contributed by atoms with Gasteiger partial charge >= 0.3 is 0 Å². The average Bonchev–Trinajstić information content (AvgIpc) is 2.56. The van der Waals surface area contributed by atoms with Crippen molar-refractivity contribution in [2.75, 3.05) is 24.5 Å². The van der Waals surface area contributed by atoms with Gasteiger partial charge in [0, 0.05) is 13.1 Å². The van der Waals surface area contributed by atoms with Crippen molar-refractivity contribution < 1.29 is 14.0 Å². The Morgan fingerprint density at radius 1 is 1.39 bits per heavy atom. The summed E-state index contributed by atoms with van der Waals surface area (Å²) in [5.41, 5.74) is 0.465. The summed E-state index contributed by atoms with van der Waals surface area (Å²) in [7, 11) is 0. The first-order valence-electron chi connectivity index (χ1n) is 5.62. The quantitative estimate of drug-likeness (QED) is 0.668. The van der Waals surface area contributed by atoms with Crippen LogP contribution in [0.4, 0.5) is 10.1 Å². The molecule has 1 aromatic carbocycles. The lowest BCUT2D eigenvalue weighted by Gasteiger charge is -2.16. The van der Waals surface area contributed by atoms with E-state index in [0.29, 0.717) is 18.8 Å². The highest BCUT2D eigenvalue weighted by atomic mass is 35.5. The number of fused-ring (bicyclic) bond motifs is 1. The molecule has 0 aromatic heterocycles. The Bertz CT molecular complexity index is 519. The molecule has 96 valence electrons. The summed E-state index contributed by atoms with van der Waals surface area (Å²) in [5, 5.41) is 2.89. The number of nitrogens with zero attached hydrogens (tertiary/aromatic N) is 1. The highest BCUT2D eigenvalue weighted by Crippen LogP contribution is 2.32. The number of benzene rings is 1. The number of Topliss-reactive ketones (excluding diaryl/α,β-unsaturated/α-hetero) is 1. The van der Waals surface area contributed by atoms with E-state index in [9.17, 15) is 14.0 Å². The summed E-state index contributed by atoms with van der Waals surface area (Å²) >= 11 is 5.61. The summed E-state index contributed by atoms with van der Waals surface area (Å²) in [4.78, 5) is 24.8. The summed E-state index contributed by atoms with van der Waals surface area (Å²) in [6.07, 6.45) is 0. The molecule has 0 unspecified atom stereocenters. The third-order valence-electron chi connectivity index (χ3n) is 2.78. The number of ketones is 1. The summed E-state index contributed by atoms with van der Waals surface area (Å²) in [6.45, 7) is 3.56. The molecule has 1 heterocycles. The van der Waals surface area contributed by atoms with Gasteiger partial charge in [0.05, 0.1) is 16.3 Å². The number of amides is 1. The minimum absolute atomic E-state index is 0.150. The van der Waals surface area contributed by atoms with E-state index in [4.69, 9.17) is 11.6 Å². The predicted octanol–water partition coefficient (Wildman–Crippen LogP) is 1.62. The van der Waals surface area contributed by atoms with Crippen LogP contribution in [0.25, 0.3) is 0 Å². The van der Waals surface area contributed by atoms with Gasteiger partial charge in [0.2, 0.25) is 0 Å². The minimum Gasteiger partial charge on any atom is -0.315 e. The van der Waals surface area contributed by atoms with Crippen LogP contribution in [-0.4, -0.2) is 31.3 Å². The third kappa shape index (κ3) is 2.11. The molecule has 1 aliphatic rings. The molecule has 1 aromatic rings. The van der Waals surface area contributed by atoms with Crippen molar-refractivity contribution in [3.05, 3.63) is 28.5 Å². The maximum Gasteiger partial charge on any atom is 0.299 e. The van der Waals surface area contributed by atoms with Crippen molar-refractivity contribution >= 4 is 29.0 Å². The Morgan fingerprint density at radius 3 is 2.78 bits per heavy atom. The fourth-order valence-electron chi connectivity index (χ4n) is 1.88. The second kappa shape index (κ2) is 5.04. The van der Waals surface area contributed by atoms with Gasteiger partial charge in [-0.25, -0.2) is 4.39 Å². The van der Waals surface area contributed by atoms with Crippen molar-refractivity contribution in [3.63, 3.8) is 0 Å². The van der Waals surface area contributed by atoms with Crippen LogP contribution in [0.5, 0.6) is 0 Å². The van der Waals surface area contributed by atoms with E-state index in [0.717, 1.165) is 12.6 Å². The molecule has 2 rings (SSSR count). The number of anilines is 1. The first kappa shape index (κ1) is 13.0. The van der Waals surface area contributed by atoms with Gasteiger partial charge in [-0.05, 0) is 18.7 Å². The zero-order chi connectivity index (χ0) is 13.3. The van der Waals surface area contributed by atoms with Gasteiger partial charge in [-0.1, -0.05) is 18.5 Å². The summed E-state index contributed by atoms with van der Waals surface area (Å²) in [6, 6.07) is 2.34. The van der Waals surface area contributed by atoms with Crippen LogP contribution < -0.4 is 10.2 Å². The molecule has 0 saturated carbocycles. The molecule has 0 bridgehead atoms. The molecule has 1 aliphatic heterocycles. The highest BCUT2D eigenvalue weighted by molar-refractivity contribution is 6.52. The summed E-state index contributed by atoms with van der Waals surface area (Å²) < 4.78 is 13.4. The lowest BCUT2D eigenvalue weighted by molar-refractivity contribution is -0.114. The van der Waals surface area contributed by atoms with E-state index >= 15 is 0 Å². The van der Waals surface area contributed by atoms with Crippen molar-refractivity contribution in [2.45, 2.75) is 6.92 Å². The number of hydrogen-bond acceptors (Lipinski definition) is 3. The van der Waals surface area contributed by atoms with E-state index in [1.807, 2.05) is 6.92 Å². The van der Waals surface area contributed by atoms with Gasteiger partial charge < -0.3 is 10.2 Å². The molecule has 0 aliphatic carbocycles. The third-order valence-corrected chi connectivity index (χ3v) is 3.07. The highest BCUT2D eigenvalue weighted by Gasteiger charge is 2.36. The first-order chi connectivity index (χ1) is 8.56. The van der Waals surface area contributed by atoms with Gasteiger partial charge in [0.15, 0.2) is 0 Å². The van der Waals surface area contributed by atoms with Crippen molar-refractivity contribution in [1.82, 2.24) is 5.32 Å². The van der Waals surface area contributed by atoms with Crippen LogP contribution in [0.2, 0.25) is 5.02 Å². The van der Waals surface area contributed by atoms with Crippen molar-refractivity contribution in [2.24, 2.45) is 0 Å². The number of carbonyl (C=O) groups is 2. The van der Waals surface area contributed by atoms with Crippen LogP contribution in [0.1, 0.15) is 17.3 Å². The number of nitrogens with one attached hydrogen (secondary N) is 1. The fourth-order valence-corrected chi connectivity index (χ4v) is 2.04. The van der Waals surface area contributed by atoms with Gasteiger partial charge in [-0.3, -0.25) is 9.59 Å². The van der Waals surface area contributed by atoms with Crippen molar-refractivity contribution in [3.8, 4) is 0 Å². The molecule has 1 N–H and O–H groups in total. The lowest BCUT2D eigenvalue weighted by Crippen LogP contribution is -2.36. The van der Waals surface area contributed by atoms with Crippen LogP contribution in [0, 0.1) is 5.82 Å². The Morgan fingerprint density at radius 2 is 2.11 bits per heavy atom. The second-order valence-corrected chi connectivity index (χ2v) is 4.33. The van der Waals surface area contributed by atoms with Gasteiger partial charge in [0.25, 0.3) is 11.7 Å². The minimum atomic E-state index is -0.636. The molecule has 0 spiro atoms. The Balaban J connectivity index is 2.33. The topological polar surface area (TPSA) is 49.4 Å². The van der Waals surface area contributed by atoms with Crippen molar-refractivity contribution in [1.29, 1.82) is 0 Å². The largest absolute Gasteiger partial charge is 0.315 e. The maximum absolute atomic E-state index is 13.4. The number of halogens is 2. The molecular weight excluding hydrogens is 259 g/mol. The predicted molar refractivity (Wildman–Crippen MR) is 66.6 cm³/mol. The summed E-state index contributed by atoms with van der Waals surface area (Å²) in [5.74, 6) is -1.90. The standard InChI is InChI=1S/C12H12ClFN2O2/c1-2-15-3-4-16-10-6-9(14)8(13)5-7(10)11(17)12(16)18/h5-6,15H,2-4H2,1H3. The normalized spacial score (nSPS) is 14.3. The molecule has 4 nitrogen and oxygen atoms in total. The zero-order valence-electron chi connectivity index (χ0n) is 9.80. The van der Waals surface area contributed by atoms with E-state index in [1.54, 1.807) is 0 Å². The van der Waals surface area contributed by atoms with Crippen LogP contribution >= 0.6 is 11.6 Å². The number of carbonyl (C=O) groups excluding carboxylic acids is 2. The molecule has 0 atom stereocenters. The van der Waals surface area contributed by atoms with E-state index < -0.39 is 17.5 Å². The van der Waals surface area contributed by atoms with E-state index in [-0.39, 0.29) is 10.6 Å². The van der Waals surface area contributed by atoms with Crippen LogP contribution in [-0.2, 0) is 4.79 Å². The van der Waals surface area contributed by atoms with Gasteiger partial charge in [-0.15, -0.1) is 0 Å². The first-order valence-corrected chi connectivity index (χ1v) is 6.00. The zero-order valence-corrected chi connectivity index (χ0v) is 10.6. The van der Waals surface area contributed by atoms with E-state index in [1.165, 1.54) is 11.0 Å². The van der Waals surface area contributed by atoms with Gasteiger partial charge in [-0.2, -0.15) is 0 Å². The van der Waals surface area contributed by atoms with Gasteiger partial charge in [0.1, 0.15) is 5.82 Å². The Hall–Kier alpha value is -1.46. The second-order valence-electron chi connectivity index (χ2n) is 3.92. The molecule has 1 amide bonds. The fraction of sp³-hybridized carbons (Fsp3) is 0.333. The van der Waals surface area contributed by atoms with Crippen LogP contribution in [0.3, 0.4) is 0 Å².